The Hall–Kier alpha value is -1.80. The number of para-hydroxylation sites is 1. The number of benzene rings is 2. The minimum absolute atomic E-state index is 0. The van der Waals surface area contributed by atoms with E-state index in [0.29, 0.717) is 0 Å². The highest BCUT2D eigenvalue weighted by atomic mass is 127. The number of nitrogens with one attached hydrogen (secondary N) is 2. The van der Waals surface area contributed by atoms with Crippen LogP contribution in [0.1, 0.15) is 24.9 Å². The quantitative estimate of drug-likeness (QED) is 0.260. The highest BCUT2D eigenvalue weighted by Crippen LogP contribution is 2.15. The zero-order valence-electron chi connectivity index (χ0n) is 17.6. The largest absolute Gasteiger partial charge is 0.369 e. The van der Waals surface area contributed by atoms with Gasteiger partial charge in [0.25, 0.3) is 0 Å². The molecule has 1 aliphatic heterocycles. The number of aliphatic imine (C=N–C) groups is 1. The van der Waals surface area contributed by atoms with Gasteiger partial charge in [0.1, 0.15) is 0 Å². The smallest absolute Gasteiger partial charge is 0.191 e. The molecule has 29 heavy (non-hydrogen) atoms. The van der Waals surface area contributed by atoms with E-state index < -0.39 is 0 Å². The number of hydrogen-bond acceptors (Lipinski definition) is 3. The van der Waals surface area contributed by atoms with Gasteiger partial charge in [0.05, 0.1) is 6.04 Å². The van der Waals surface area contributed by atoms with Gasteiger partial charge in [-0.15, -0.1) is 24.0 Å². The number of guanidine groups is 1. The third-order valence-corrected chi connectivity index (χ3v) is 5.31. The molecule has 0 radical (unpaired) electrons. The number of nitrogens with zero attached hydrogens (tertiary/aromatic N) is 3. The summed E-state index contributed by atoms with van der Waals surface area (Å²) in [6.07, 6.45) is 1.12. The Bertz CT molecular complexity index is 715. The summed E-state index contributed by atoms with van der Waals surface area (Å²) in [4.78, 5) is 9.39. The van der Waals surface area contributed by atoms with Gasteiger partial charge in [-0.1, -0.05) is 48.5 Å². The van der Waals surface area contributed by atoms with Crippen molar-refractivity contribution in [3.63, 3.8) is 0 Å². The van der Waals surface area contributed by atoms with Crippen LogP contribution in [0.3, 0.4) is 0 Å². The lowest BCUT2D eigenvalue weighted by Crippen LogP contribution is -2.47. The lowest BCUT2D eigenvalue weighted by atomic mass is 10.1. The van der Waals surface area contributed by atoms with Gasteiger partial charge in [-0.05, 0) is 37.6 Å². The highest BCUT2D eigenvalue weighted by molar-refractivity contribution is 14.0. The van der Waals surface area contributed by atoms with Crippen LogP contribution in [-0.2, 0) is 0 Å². The molecule has 0 amide bonds. The first-order valence-electron chi connectivity index (χ1n) is 10.3. The molecule has 0 aliphatic carbocycles. The molecular weight excluding hydrogens is 473 g/mol. The first kappa shape index (κ1) is 23.5. The number of anilines is 1. The maximum absolute atomic E-state index is 4.36. The maximum Gasteiger partial charge on any atom is 0.191 e. The van der Waals surface area contributed by atoms with Gasteiger partial charge in [-0.25, -0.2) is 0 Å². The van der Waals surface area contributed by atoms with E-state index in [1.54, 1.807) is 0 Å². The zero-order valence-corrected chi connectivity index (χ0v) is 19.9. The third-order valence-electron chi connectivity index (χ3n) is 5.31. The molecule has 1 atom stereocenters. The fourth-order valence-corrected chi connectivity index (χ4v) is 3.60. The minimum atomic E-state index is 0. The molecule has 0 bridgehead atoms. The van der Waals surface area contributed by atoms with Gasteiger partial charge in [0.2, 0.25) is 0 Å². The molecule has 1 heterocycles. The van der Waals surface area contributed by atoms with E-state index in [-0.39, 0.29) is 30.0 Å². The average molecular weight is 507 g/mol. The molecule has 1 aliphatic rings. The number of piperazine rings is 1. The summed E-state index contributed by atoms with van der Waals surface area (Å²) in [5.74, 6) is 0.866. The predicted octanol–water partition coefficient (Wildman–Crippen LogP) is 3.74. The molecule has 1 unspecified atom stereocenters. The second-order valence-corrected chi connectivity index (χ2v) is 7.29. The second kappa shape index (κ2) is 12.7. The number of halogens is 1. The summed E-state index contributed by atoms with van der Waals surface area (Å²) >= 11 is 0. The van der Waals surface area contributed by atoms with Gasteiger partial charge in [-0.3, -0.25) is 9.89 Å². The van der Waals surface area contributed by atoms with Crippen LogP contribution in [0.5, 0.6) is 0 Å². The molecule has 0 saturated carbocycles. The molecule has 0 spiro atoms. The summed E-state index contributed by atoms with van der Waals surface area (Å²) in [7, 11) is 1.83. The van der Waals surface area contributed by atoms with E-state index in [4.69, 9.17) is 0 Å². The average Bonchev–Trinajstić information content (AvgIpc) is 2.77. The Labute approximate surface area is 192 Å². The fraction of sp³-hybridized carbons (Fsp3) is 0.435. The van der Waals surface area contributed by atoms with Crippen molar-refractivity contribution >= 4 is 35.6 Å². The van der Waals surface area contributed by atoms with Crippen molar-refractivity contribution in [1.29, 1.82) is 0 Å². The third kappa shape index (κ3) is 7.51. The van der Waals surface area contributed by atoms with Crippen LogP contribution in [0.2, 0.25) is 0 Å². The van der Waals surface area contributed by atoms with Crippen molar-refractivity contribution in [2.75, 3.05) is 51.2 Å². The Kier molecular flexibility index (Phi) is 10.3. The van der Waals surface area contributed by atoms with Gasteiger partial charge < -0.3 is 15.5 Å². The van der Waals surface area contributed by atoms with Crippen molar-refractivity contribution in [2.24, 2.45) is 4.99 Å². The van der Waals surface area contributed by atoms with Crippen LogP contribution >= 0.6 is 24.0 Å². The van der Waals surface area contributed by atoms with Gasteiger partial charge in [0, 0.05) is 45.5 Å². The summed E-state index contributed by atoms with van der Waals surface area (Å²) in [5.41, 5.74) is 2.60. The first-order chi connectivity index (χ1) is 13.8. The normalized spacial score (nSPS) is 16.1. The van der Waals surface area contributed by atoms with Crippen LogP contribution in [0.25, 0.3) is 0 Å². The standard InChI is InChI=1S/C23H33N5.HI/c1-20(21-10-5-3-6-11-21)26-23(24-2)25-14-9-15-27-16-18-28(19-17-27)22-12-7-4-8-13-22;/h3-8,10-13,20H,9,14-19H2,1-2H3,(H2,24,25,26);1H. The van der Waals surface area contributed by atoms with Crippen molar-refractivity contribution in [2.45, 2.75) is 19.4 Å². The van der Waals surface area contributed by atoms with E-state index in [0.717, 1.165) is 51.6 Å². The zero-order chi connectivity index (χ0) is 19.6. The van der Waals surface area contributed by atoms with Crippen molar-refractivity contribution in [3.05, 3.63) is 66.2 Å². The molecule has 158 valence electrons. The topological polar surface area (TPSA) is 42.9 Å². The van der Waals surface area contributed by atoms with Crippen LogP contribution in [0.4, 0.5) is 5.69 Å². The predicted molar refractivity (Wildman–Crippen MR) is 134 cm³/mol. The van der Waals surface area contributed by atoms with E-state index in [2.05, 4.69) is 86.9 Å². The van der Waals surface area contributed by atoms with Crippen LogP contribution in [0, 0.1) is 0 Å². The van der Waals surface area contributed by atoms with E-state index in [1.807, 2.05) is 13.1 Å². The van der Waals surface area contributed by atoms with E-state index in [9.17, 15) is 0 Å². The Morgan fingerprint density at radius 1 is 0.966 bits per heavy atom. The van der Waals surface area contributed by atoms with E-state index in [1.165, 1.54) is 11.3 Å². The lowest BCUT2D eigenvalue weighted by molar-refractivity contribution is 0.255. The van der Waals surface area contributed by atoms with Crippen LogP contribution in [0.15, 0.2) is 65.7 Å². The number of rotatable bonds is 7. The van der Waals surface area contributed by atoms with Gasteiger partial charge >= 0.3 is 0 Å². The molecule has 0 aromatic heterocycles. The Morgan fingerprint density at radius 3 is 2.21 bits per heavy atom. The Balaban J connectivity index is 0.00000300. The summed E-state index contributed by atoms with van der Waals surface area (Å²) in [5, 5.41) is 6.91. The molecule has 1 fully saturated rings. The van der Waals surface area contributed by atoms with Crippen molar-refractivity contribution in [1.82, 2.24) is 15.5 Å². The monoisotopic (exact) mass is 507 g/mol. The first-order valence-corrected chi connectivity index (χ1v) is 10.3. The summed E-state index contributed by atoms with van der Waals surface area (Å²) in [6, 6.07) is 21.4. The molecular formula is C23H34IN5. The van der Waals surface area contributed by atoms with Crippen molar-refractivity contribution in [3.8, 4) is 0 Å². The molecule has 3 rings (SSSR count). The van der Waals surface area contributed by atoms with E-state index >= 15 is 0 Å². The maximum atomic E-state index is 4.36. The highest BCUT2D eigenvalue weighted by Gasteiger charge is 2.16. The summed E-state index contributed by atoms with van der Waals surface area (Å²) in [6.45, 7) is 8.69. The minimum Gasteiger partial charge on any atom is -0.369 e. The fourth-order valence-electron chi connectivity index (χ4n) is 3.60. The van der Waals surface area contributed by atoms with Gasteiger partial charge in [-0.2, -0.15) is 0 Å². The second-order valence-electron chi connectivity index (χ2n) is 7.29. The molecule has 1 saturated heterocycles. The molecule has 2 N–H and O–H groups in total. The number of hydrogen-bond donors (Lipinski definition) is 2. The van der Waals surface area contributed by atoms with Gasteiger partial charge in [0.15, 0.2) is 5.96 Å². The molecule has 2 aromatic carbocycles. The lowest BCUT2D eigenvalue weighted by Gasteiger charge is -2.36. The SMILES string of the molecule is CN=C(NCCCN1CCN(c2ccccc2)CC1)NC(C)c1ccccc1.I. The van der Waals surface area contributed by atoms with Crippen LogP contribution in [-0.4, -0.2) is 57.2 Å². The molecule has 6 heteroatoms. The van der Waals surface area contributed by atoms with Crippen LogP contribution < -0.4 is 15.5 Å². The van der Waals surface area contributed by atoms with Crippen molar-refractivity contribution < 1.29 is 0 Å². The Morgan fingerprint density at radius 2 is 1.59 bits per heavy atom. The molecule has 2 aromatic rings. The molecule has 5 nitrogen and oxygen atoms in total. The summed E-state index contributed by atoms with van der Waals surface area (Å²) < 4.78 is 0.